The van der Waals surface area contributed by atoms with Gasteiger partial charge in [-0.05, 0) is 13.0 Å². The molecule has 0 N–H and O–H groups in total. The number of aromatic nitrogens is 1. The van der Waals surface area contributed by atoms with Gasteiger partial charge in [0.25, 0.3) is 12.2 Å². The number of benzene rings is 1. The summed E-state index contributed by atoms with van der Waals surface area (Å²) in [5.41, 5.74) is 0.707. The van der Waals surface area contributed by atoms with Gasteiger partial charge in [0.05, 0.1) is 11.5 Å². The zero-order chi connectivity index (χ0) is 15.0. The molecule has 0 saturated heterocycles. The topological polar surface area (TPSA) is 83.6 Å². The Bertz CT molecular complexity index is 579. The van der Waals surface area contributed by atoms with Gasteiger partial charge < -0.3 is 14.0 Å². The third kappa shape index (κ3) is 3.79. The third-order valence-electron chi connectivity index (χ3n) is 2.47. The number of carbonyl (C=O) groups excluding carboxylic acids is 1. The van der Waals surface area contributed by atoms with Crippen molar-refractivity contribution in [3.63, 3.8) is 0 Å². The molecule has 108 valence electrons. The molecule has 0 aliphatic carbocycles. The molecule has 7 nitrogen and oxygen atoms in total. The van der Waals surface area contributed by atoms with E-state index in [-0.39, 0.29) is 10.6 Å². The van der Waals surface area contributed by atoms with Gasteiger partial charge in [0.15, 0.2) is 0 Å². The molecule has 0 saturated carbocycles. The minimum Gasteiger partial charge on any atom is -0.468 e. The lowest BCUT2D eigenvalue weighted by molar-refractivity contribution is -0.383. The number of fused-ring (bicyclic) bond motifs is 1. The second-order valence-electron chi connectivity index (χ2n) is 3.73. The minimum atomic E-state index is -0.380. The van der Waals surface area contributed by atoms with Crippen LogP contribution in [0.3, 0.4) is 0 Å². The number of hydrogen-bond acceptors (Lipinski definition) is 5. The summed E-state index contributed by atoms with van der Waals surface area (Å²) in [5.74, 6) is 0. The largest absolute Gasteiger partial charge is 0.468 e. The molecule has 2 rings (SSSR count). The highest BCUT2D eigenvalue weighted by atomic mass is 16.6. The van der Waals surface area contributed by atoms with Gasteiger partial charge in [-0.2, -0.15) is 0 Å². The fourth-order valence-electron chi connectivity index (χ4n) is 1.70. The van der Waals surface area contributed by atoms with Crippen LogP contribution in [0.1, 0.15) is 6.92 Å². The van der Waals surface area contributed by atoms with E-state index < -0.39 is 0 Å². The molecule has 0 aliphatic heterocycles. The number of ether oxygens (including phenoxy) is 2. The second kappa shape index (κ2) is 7.90. The van der Waals surface area contributed by atoms with Crippen molar-refractivity contribution in [2.45, 2.75) is 13.7 Å². The van der Waals surface area contributed by atoms with Crippen LogP contribution in [-0.4, -0.2) is 29.7 Å². The summed E-state index contributed by atoms with van der Waals surface area (Å²) in [6, 6.07) is 6.85. The summed E-state index contributed by atoms with van der Waals surface area (Å²) < 4.78 is 10.8. The number of rotatable bonds is 5. The molecule has 0 bridgehead atoms. The predicted octanol–water partition coefficient (Wildman–Crippen LogP) is 2.33. The Labute approximate surface area is 115 Å². The maximum Gasteiger partial charge on any atom is 0.293 e. The first kappa shape index (κ1) is 15.6. The van der Waals surface area contributed by atoms with Crippen LogP contribution < -0.4 is 0 Å². The number of hydrogen-bond donors (Lipinski definition) is 0. The summed E-state index contributed by atoms with van der Waals surface area (Å²) in [5, 5.41) is 11.7. The lowest BCUT2D eigenvalue weighted by atomic mass is 10.2. The Morgan fingerprint density at radius 1 is 1.40 bits per heavy atom. The van der Waals surface area contributed by atoms with E-state index >= 15 is 0 Å². The van der Waals surface area contributed by atoms with Crippen molar-refractivity contribution in [2.24, 2.45) is 0 Å². The second-order valence-corrected chi connectivity index (χ2v) is 3.73. The summed E-state index contributed by atoms with van der Waals surface area (Å²) in [4.78, 5) is 19.6. The minimum absolute atomic E-state index is 0.106. The molecule has 0 fully saturated rings. The molecule has 0 aliphatic rings. The van der Waals surface area contributed by atoms with Crippen LogP contribution in [0.5, 0.6) is 0 Å². The first-order valence-electron chi connectivity index (χ1n) is 5.92. The molecule has 1 aromatic heterocycles. The summed E-state index contributed by atoms with van der Waals surface area (Å²) in [6.07, 6.45) is 1.78. The zero-order valence-corrected chi connectivity index (χ0v) is 11.3. The van der Waals surface area contributed by atoms with Crippen molar-refractivity contribution in [3.8, 4) is 0 Å². The molecule has 7 heteroatoms. The molecular weight excluding hydrogens is 264 g/mol. The number of carbonyl (C=O) groups is 1. The van der Waals surface area contributed by atoms with E-state index in [0.29, 0.717) is 25.3 Å². The number of nitro benzene ring substituents is 1. The molecule has 0 spiro atoms. The Morgan fingerprint density at radius 2 is 2.15 bits per heavy atom. The molecule has 0 unspecified atom stereocenters. The fraction of sp³-hybridized carbons (Fsp3) is 0.308. The smallest absolute Gasteiger partial charge is 0.293 e. The first-order valence-corrected chi connectivity index (χ1v) is 5.92. The molecule has 0 radical (unpaired) electrons. The highest BCUT2D eigenvalue weighted by Gasteiger charge is 2.14. The van der Waals surface area contributed by atoms with Gasteiger partial charge in [-0.3, -0.25) is 14.9 Å². The molecule has 1 aromatic carbocycles. The van der Waals surface area contributed by atoms with E-state index in [4.69, 9.17) is 4.74 Å². The van der Waals surface area contributed by atoms with Gasteiger partial charge in [0.2, 0.25) is 0 Å². The van der Waals surface area contributed by atoms with Gasteiger partial charge in [-0.15, -0.1) is 0 Å². The van der Waals surface area contributed by atoms with E-state index in [0.717, 1.165) is 5.39 Å². The summed E-state index contributed by atoms with van der Waals surface area (Å²) in [7, 11) is 1.56. The monoisotopic (exact) mass is 280 g/mol. The quantitative estimate of drug-likeness (QED) is 0.477. The number of nitrogens with zero attached hydrogens (tertiary/aromatic N) is 2. The van der Waals surface area contributed by atoms with Crippen LogP contribution in [0, 0.1) is 10.1 Å². The van der Waals surface area contributed by atoms with Gasteiger partial charge >= 0.3 is 0 Å². The highest BCUT2D eigenvalue weighted by molar-refractivity contribution is 5.88. The van der Waals surface area contributed by atoms with Crippen LogP contribution >= 0.6 is 0 Å². The van der Waals surface area contributed by atoms with Crippen LogP contribution in [0.15, 0.2) is 30.5 Å². The number of para-hydroxylation sites is 1. The molecule has 2 aromatic rings. The van der Waals surface area contributed by atoms with Crippen molar-refractivity contribution < 1.29 is 19.2 Å². The van der Waals surface area contributed by atoms with Gasteiger partial charge in [0, 0.05) is 24.8 Å². The van der Waals surface area contributed by atoms with E-state index in [1.807, 2.05) is 12.1 Å². The average molecular weight is 280 g/mol. The van der Waals surface area contributed by atoms with Crippen LogP contribution in [0.4, 0.5) is 5.69 Å². The molecule has 1 heterocycles. The van der Waals surface area contributed by atoms with Crippen LogP contribution in [0.25, 0.3) is 10.9 Å². The standard InChI is InChI=1S/C10H10N2O3.C3H6O2/c1-15-7-11-6-5-8-3-2-4-9(10(8)11)12(13)14;1-2-5-3-4/h2-6H,7H2,1H3;3H,2H2,1H3. The number of nitro groups is 1. The van der Waals surface area contributed by atoms with E-state index in [1.165, 1.54) is 6.07 Å². The zero-order valence-electron chi connectivity index (χ0n) is 11.3. The first-order chi connectivity index (χ1) is 9.65. The van der Waals surface area contributed by atoms with Gasteiger partial charge in [0.1, 0.15) is 12.2 Å². The van der Waals surface area contributed by atoms with Crippen molar-refractivity contribution in [3.05, 3.63) is 40.6 Å². The normalized spacial score (nSPS) is 9.70. The van der Waals surface area contributed by atoms with Crippen molar-refractivity contribution in [1.29, 1.82) is 0 Å². The molecule has 0 atom stereocenters. The molecule has 20 heavy (non-hydrogen) atoms. The maximum atomic E-state index is 10.8. The van der Waals surface area contributed by atoms with Gasteiger partial charge in [-0.1, -0.05) is 12.1 Å². The maximum absolute atomic E-state index is 10.8. The van der Waals surface area contributed by atoms with E-state index in [2.05, 4.69) is 4.74 Å². The van der Waals surface area contributed by atoms with E-state index in [9.17, 15) is 14.9 Å². The van der Waals surface area contributed by atoms with Crippen molar-refractivity contribution >= 4 is 23.1 Å². The number of non-ortho nitro benzene ring substituents is 1. The Hall–Kier alpha value is -2.41. The van der Waals surface area contributed by atoms with Crippen LogP contribution in [-0.2, 0) is 21.0 Å². The molecule has 0 amide bonds. The average Bonchev–Trinajstić information content (AvgIpc) is 2.84. The van der Waals surface area contributed by atoms with E-state index in [1.54, 1.807) is 30.9 Å². The third-order valence-corrected chi connectivity index (χ3v) is 2.47. The summed E-state index contributed by atoms with van der Waals surface area (Å²) >= 11 is 0. The SMILES string of the molecule is CCOC=O.COCn1ccc2cccc([N+](=O)[O-])c21. The lowest BCUT2D eigenvalue weighted by Gasteiger charge is -2.03. The fourth-order valence-corrected chi connectivity index (χ4v) is 1.70. The van der Waals surface area contributed by atoms with Crippen molar-refractivity contribution in [1.82, 2.24) is 4.57 Å². The lowest BCUT2D eigenvalue weighted by Crippen LogP contribution is -2.00. The van der Waals surface area contributed by atoms with Gasteiger partial charge in [-0.25, -0.2) is 0 Å². The van der Waals surface area contributed by atoms with Crippen LogP contribution in [0.2, 0.25) is 0 Å². The molecular formula is C13H16N2O5. The predicted molar refractivity (Wildman–Crippen MR) is 73.3 cm³/mol. The summed E-state index contributed by atoms with van der Waals surface area (Å²) in [6.45, 7) is 2.98. The highest BCUT2D eigenvalue weighted by Crippen LogP contribution is 2.26. The Morgan fingerprint density at radius 3 is 2.65 bits per heavy atom. The van der Waals surface area contributed by atoms with Crippen molar-refractivity contribution in [2.75, 3.05) is 13.7 Å². The number of methoxy groups -OCH3 is 1. The Kier molecular flexibility index (Phi) is 6.18. The Balaban J connectivity index is 0.000000347.